The van der Waals surface area contributed by atoms with Gasteiger partial charge in [0.1, 0.15) is 0 Å². The molecule has 0 bridgehead atoms. The number of nitrogens with one attached hydrogen (secondary N) is 1. The van der Waals surface area contributed by atoms with Gasteiger partial charge in [0.05, 0.1) is 10.9 Å². The van der Waals surface area contributed by atoms with Gasteiger partial charge in [-0.25, -0.2) is 8.42 Å². The van der Waals surface area contributed by atoms with E-state index in [1.807, 2.05) is 37.3 Å². The van der Waals surface area contributed by atoms with Crippen molar-refractivity contribution in [3.63, 3.8) is 0 Å². The van der Waals surface area contributed by atoms with Crippen molar-refractivity contribution >= 4 is 28.2 Å². The van der Waals surface area contributed by atoms with E-state index in [2.05, 4.69) is 5.32 Å². The summed E-state index contributed by atoms with van der Waals surface area (Å²) in [6, 6.07) is 13.7. The van der Waals surface area contributed by atoms with Gasteiger partial charge in [-0.3, -0.25) is 4.79 Å². The molecule has 1 amide bonds. The van der Waals surface area contributed by atoms with Crippen LogP contribution in [0.1, 0.15) is 36.1 Å². The zero-order valence-corrected chi connectivity index (χ0v) is 16.7. The fraction of sp³-hybridized carbons (Fsp3) is 0.316. The number of sulfone groups is 1. The Hall–Kier alpha value is -1.89. The van der Waals surface area contributed by atoms with Gasteiger partial charge in [-0.2, -0.15) is 0 Å². The van der Waals surface area contributed by atoms with Crippen LogP contribution in [-0.4, -0.2) is 26.6 Å². The minimum absolute atomic E-state index is 0. The fourth-order valence-electron chi connectivity index (χ4n) is 2.56. The van der Waals surface area contributed by atoms with E-state index in [1.54, 1.807) is 25.1 Å². The van der Waals surface area contributed by atoms with E-state index in [9.17, 15) is 13.2 Å². The molecule has 0 heterocycles. The number of carbonyl (C=O) groups is 1. The molecule has 0 aliphatic rings. The summed E-state index contributed by atoms with van der Waals surface area (Å²) in [5.74, 6) is -0.176. The normalized spacial score (nSPS) is 13.4. The smallest absolute Gasteiger partial charge is 0.222 e. The number of rotatable bonds is 6. The summed E-state index contributed by atoms with van der Waals surface area (Å²) < 4.78 is 23.7. The van der Waals surface area contributed by atoms with Crippen LogP contribution < -0.4 is 11.1 Å². The first kappa shape index (κ1) is 22.2. The number of aryl methyl sites for hydroxylation is 1. The Labute approximate surface area is 161 Å². The van der Waals surface area contributed by atoms with Crippen LogP contribution >= 0.6 is 12.4 Å². The van der Waals surface area contributed by atoms with Crippen molar-refractivity contribution in [2.45, 2.75) is 37.2 Å². The average molecular weight is 397 g/mol. The molecule has 0 aromatic heterocycles. The molecule has 5 nitrogen and oxygen atoms in total. The molecule has 2 aromatic carbocycles. The molecule has 0 aliphatic heterocycles. The van der Waals surface area contributed by atoms with Gasteiger partial charge in [-0.1, -0.05) is 42.0 Å². The van der Waals surface area contributed by atoms with Crippen LogP contribution in [0.2, 0.25) is 0 Å². The Morgan fingerprint density at radius 1 is 1.12 bits per heavy atom. The average Bonchev–Trinajstić information content (AvgIpc) is 2.52. The van der Waals surface area contributed by atoms with Crippen molar-refractivity contribution in [1.29, 1.82) is 0 Å². The first-order valence-electron chi connectivity index (χ1n) is 8.08. The van der Waals surface area contributed by atoms with E-state index in [1.165, 1.54) is 6.26 Å². The molecule has 2 rings (SSSR count). The van der Waals surface area contributed by atoms with Crippen LogP contribution in [0.5, 0.6) is 0 Å². The highest BCUT2D eigenvalue weighted by atomic mass is 35.5. The Morgan fingerprint density at radius 3 is 2.27 bits per heavy atom. The predicted molar refractivity (Wildman–Crippen MR) is 106 cm³/mol. The molecule has 0 spiro atoms. The lowest BCUT2D eigenvalue weighted by Gasteiger charge is -2.21. The van der Waals surface area contributed by atoms with Crippen LogP contribution in [-0.2, 0) is 14.6 Å². The number of carbonyl (C=O) groups excluding carboxylic acids is 1. The summed E-state index contributed by atoms with van der Waals surface area (Å²) in [6.07, 6.45) is 1.37. The molecule has 142 valence electrons. The van der Waals surface area contributed by atoms with Gasteiger partial charge in [0, 0.05) is 18.7 Å². The van der Waals surface area contributed by atoms with Crippen LogP contribution in [0.3, 0.4) is 0 Å². The molecule has 7 heteroatoms. The molecule has 3 N–H and O–H groups in total. The van der Waals surface area contributed by atoms with E-state index in [0.717, 1.165) is 11.1 Å². The van der Waals surface area contributed by atoms with Crippen molar-refractivity contribution < 1.29 is 13.2 Å². The zero-order chi connectivity index (χ0) is 18.6. The van der Waals surface area contributed by atoms with Gasteiger partial charge >= 0.3 is 0 Å². The molecule has 2 aromatic rings. The number of hydrogen-bond donors (Lipinski definition) is 2. The first-order valence-corrected chi connectivity index (χ1v) is 9.97. The maximum atomic E-state index is 12.2. The van der Waals surface area contributed by atoms with Gasteiger partial charge in [0.15, 0.2) is 9.84 Å². The van der Waals surface area contributed by atoms with Gasteiger partial charge in [0.25, 0.3) is 0 Å². The van der Waals surface area contributed by atoms with E-state index < -0.39 is 15.9 Å². The van der Waals surface area contributed by atoms with Crippen molar-refractivity contribution in [3.05, 3.63) is 65.2 Å². The van der Waals surface area contributed by atoms with E-state index in [4.69, 9.17) is 5.73 Å². The Morgan fingerprint density at radius 2 is 1.73 bits per heavy atom. The quantitative estimate of drug-likeness (QED) is 0.785. The molecular weight excluding hydrogens is 372 g/mol. The summed E-state index contributed by atoms with van der Waals surface area (Å²) in [7, 11) is -3.33. The highest BCUT2D eigenvalue weighted by Crippen LogP contribution is 2.25. The summed E-state index contributed by atoms with van der Waals surface area (Å²) in [6.45, 7) is 3.75. The van der Waals surface area contributed by atoms with Gasteiger partial charge < -0.3 is 11.1 Å². The highest BCUT2D eigenvalue weighted by molar-refractivity contribution is 7.90. The third-order valence-electron chi connectivity index (χ3n) is 3.84. The maximum absolute atomic E-state index is 12.2. The van der Waals surface area contributed by atoms with Crippen molar-refractivity contribution in [2.75, 3.05) is 6.26 Å². The van der Waals surface area contributed by atoms with Crippen LogP contribution in [0.15, 0.2) is 53.4 Å². The highest BCUT2D eigenvalue weighted by Gasteiger charge is 2.19. The maximum Gasteiger partial charge on any atom is 0.222 e. The summed E-state index contributed by atoms with van der Waals surface area (Å²) in [5, 5.41) is 2.97. The topological polar surface area (TPSA) is 89.3 Å². The molecule has 26 heavy (non-hydrogen) atoms. The van der Waals surface area contributed by atoms with Crippen molar-refractivity contribution in [2.24, 2.45) is 5.73 Å². The SMILES string of the molecule is Cc1ccc(C(NC(=O)CC(C)N)c2cccc(S(C)(=O)=O)c2)cc1.Cl. The summed E-state index contributed by atoms with van der Waals surface area (Å²) >= 11 is 0. The molecule has 0 saturated heterocycles. The molecule has 2 atom stereocenters. The minimum Gasteiger partial charge on any atom is -0.345 e. The van der Waals surface area contributed by atoms with Gasteiger partial charge in [-0.15, -0.1) is 12.4 Å². The monoisotopic (exact) mass is 396 g/mol. The third kappa shape index (κ3) is 6.12. The number of amides is 1. The molecule has 0 aliphatic carbocycles. The second-order valence-electron chi connectivity index (χ2n) is 6.44. The lowest BCUT2D eigenvalue weighted by molar-refractivity contribution is -0.121. The van der Waals surface area contributed by atoms with Crippen LogP contribution in [0.25, 0.3) is 0 Å². The fourth-order valence-corrected chi connectivity index (χ4v) is 3.23. The molecule has 2 unspecified atom stereocenters. The number of halogens is 1. The summed E-state index contributed by atoms with van der Waals surface area (Å²) in [4.78, 5) is 12.5. The summed E-state index contributed by atoms with van der Waals surface area (Å²) in [5.41, 5.74) is 8.41. The second kappa shape index (κ2) is 9.16. The van der Waals surface area contributed by atoms with Crippen LogP contribution in [0, 0.1) is 6.92 Å². The van der Waals surface area contributed by atoms with Gasteiger partial charge in [0.2, 0.25) is 5.91 Å². The molecule has 0 fully saturated rings. The number of nitrogens with two attached hydrogens (primary N) is 1. The Bertz CT molecular complexity index is 849. The van der Waals surface area contributed by atoms with E-state index >= 15 is 0 Å². The zero-order valence-electron chi connectivity index (χ0n) is 15.1. The standard InChI is InChI=1S/C19H24N2O3S.ClH/c1-13-7-9-15(10-8-13)19(21-18(22)11-14(2)20)16-5-4-6-17(12-16)25(3,23)24;/h4-10,12,14,19H,11,20H2,1-3H3,(H,21,22);1H. The lowest BCUT2D eigenvalue weighted by atomic mass is 9.97. The van der Waals surface area contributed by atoms with Crippen LogP contribution in [0.4, 0.5) is 0 Å². The molecule has 0 saturated carbocycles. The predicted octanol–water partition coefficient (Wildman–Crippen LogP) is 2.76. The third-order valence-corrected chi connectivity index (χ3v) is 4.95. The second-order valence-corrected chi connectivity index (χ2v) is 8.45. The van der Waals surface area contributed by atoms with Gasteiger partial charge in [-0.05, 0) is 37.1 Å². The Balaban J connectivity index is 0.00000338. The van der Waals surface area contributed by atoms with Crippen molar-refractivity contribution in [3.8, 4) is 0 Å². The lowest BCUT2D eigenvalue weighted by Crippen LogP contribution is -2.33. The van der Waals surface area contributed by atoms with E-state index in [0.29, 0.717) is 5.56 Å². The van der Waals surface area contributed by atoms with Crippen molar-refractivity contribution in [1.82, 2.24) is 5.32 Å². The largest absolute Gasteiger partial charge is 0.345 e. The van der Waals surface area contributed by atoms with E-state index in [-0.39, 0.29) is 35.7 Å². The minimum atomic E-state index is -3.33. The Kier molecular flexibility index (Phi) is 7.81. The molecular formula is C19H25ClN2O3S. The molecule has 0 radical (unpaired) electrons. The number of hydrogen-bond acceptors (Lipinski definition) is 4. The number of benzene rings is 2. The first-order chi connectivity index (χ1) is 11.7.